The molecule has 346 valence electrons. The normalized spacial score (nSPS) is 12.9. The molecule has 0 heterocycles. The molecule has 0 aliphatic rings. The highest BCUT2D eigenvalue weighted by atomic mass is 16.6. The largest absolute Gasteiger partial charge is 0.462 e. The van der Waals surface area contributed by atoms with Crippen LogP contribution in [-0.4, -0.2) is 37.2 Å². The van der Waals surface area contributed by atoms with Crippen LogP contribution >= 0.6 is 0 Å². The molecule has 61 heavy (non-hydrogen) atoms. The van der Waals surface area contributed by atoms with Crippen molar-refractivity contribution < 1.29 is 28.6 Å². The van der Waals surface area contributed by atoms with Crippen LogP contribution in [0.3, 0.4) is 0 Å². The van der Waals surface area contributed by atoms with E-state index in [1.807, 2.05) is 24.3 Å². The van der Waals surface area contributed by atoms with Crippen LogP contribution < -0.4 is 0 Å². The van der Waals surface area contributed by atoms with Gasteiger partial charge in [0.15, 0.2) is 6.10 Å². The van der Waals surface area contributed by atoms with E-state index in [4.69, 9.17) is 14.2 Å². The van der Waals surface area contributed by atoms with Crippen LogP contribution in [0.2, 0.25) is 0 Å². The van der Waals surface area contributed by atoms with Gasteiger partial charge in [-0.15, -0.1) is 0 Å². The zero-order valence-electron chi connectivity index (χ0n) is 39.4. The Morgan fingerprint density at radius 3 is 1.20 bits per heavy atom. The monoisotopic (exact) mass is 847 g/mol. The Balaban J connectivity index is 4.40. The van der Waals surface area contributed by atoms with Crippen molar-refractivity contribution >= 4 is 17.9 Å². The second-order valence-corrected chi connectivity index (χ2v) is 16.1. The van der Waals surface area contributed by atoms with Gasteiger partial charge in [-0.25, -0.2) is 0 Å². The van der Waals surface area contributed by atoms with Gasteiger partial charge < -0.3 is 14.2 Å². The first-order chi connectivity index (χ1) is 30.0. The number of carbonyl (C=O) groups is 3. The summed E-state index contributed by atoms with van der Waals surface area (Å²) in [4.78, 5) is 37.9. The maximum atomic E-state index is 12.8. The fourth-order valence-corrected chi connectivity index (χ4v) is 6.50. The number of ether oxygens (including phenoxy) is 3. The summed E-state index contributed by atoms with van der Waals surface area (Å²) in [5, 5.41) is 0. The van der Waals surface area contributed by atoms with E-state index in [2.05, 4.69) is 93.7 Å². The number of esters is 3. The molecule has 0 spiro atoms. The van der Waals surface area contributed by atoms with Crippen molar-refractivity contribution in [2.24, 2.45) is 0 Å². The fraction of sp³-hybridized carbons (Fsp3) is 0.655. The summed E-state index contributed by atoms with van der Waals surface area (Å²) in [6, 6.07) is 0. The van der Waals surface area contributed by atoms with Gasteiger partial charge in [0.2, 0.25) is 0 Å². The number of rotatable bonds is 43. The van der Waals surface area contributed by atoms with Crippen LogP contribution in [0.5, 0.6) is 0 Å². The first kappa shape index (κ1) is 57.3. The van der Waals surface area contributed by atoms with Gasteiger partial charge in [0.25, 0.3) is 0 Å². The highest BCUT2D eigenvalue weighted by Gasteiger charge is 2.19. The van der Waals surface area contributed by atoms with E-state index in [1.54, 1.807) is 0 Å². The molecule has 0 aliphatic carbocycles. The lowest BCUT2D eigenvalue weighted by molar-refractivity contribution is -0.167. The zero-order valence-corrected chi connectivity index (χ0v) is 39.4. The maximum absolute atomic E-state index is 12.8. The van der Waals surface area contributed by atoms with E-state index >= 15 is 0 Å². The van der Waals surface area contributed by atoms with Crippen molar-refractivity contribution in [1.82, 2.24) is 0 Å². The minimum Gasteiger partial charge on any atom is -0.462 e. The Kier molecular flexibility index (Phi) is 46.0. The molecule has 0 aromatic carbocycles. The third kappa shape index (κ3) is 47.2. The molecule has 0 aliphatic heterocycles. The van der Waals surface area contributed by atoms with Crippen LogP contribution in [0, 0.1) is 0 Å². The number of carbonyl (C=O) groups excluding carboxylic acids is 3. The minimum absolute atomic E-state index is 0.0922. The van der Waals surface area contributed by atoms with E-state index in [0.717, 1.165) is 122 Å². The summed E-state index contributed by atoms with van der Waals surface area (Å²) in [6.07, 6.45) is 63.9. The van der Waals surface area contributed by atoms with Crippen molar-refractivity contribution in [1.29, 1.82) is 0 Å². The standard InChI is InChI=1S/C55H90O6/c1-4-7-10-13-16-19-21-23-25-26-27-28-30-31-33-36-39-42-45-48-54(57)60-51-52(50-59-53(56)47-44-41-38-35-18-15-12-9-6-3)61-55(58)49-46-43-40-37-34-32-29-24-22-20-17-14-11-8-5-2/h7-8,10-11,14,16-17,19-20,22-25,27-29,52H,4-6,9,12-13,15,18,21,26,30-51H2,1-3H3/b10-7-,11-8-,17-14-,19-16-,22-20-,25-23-,28-27-,29-24-. The molecule has 1 unspecified atom stereocenters. The lowest BCUT2D eigenvalue weighted by Crippen LogP contribution is -2.30. The summed E-state index contributed by atoms with van der Waals surface area (Å²) < 4.78 is 16.7. The molecule has 1 atom stereocenters. The minimum atomic E-state index is -0.794. The summed E-state index contributed by atoms with van der Waals surface area (Å²) in [7, 11) is 0. The number of hydrogen-bond acceptors (Lipinski definition) is 6. The van der Waals surface area contributed by atoms with Crippen LogP contribution in [-0.2, 0) is 28.6 Å². The molecule has 0 amide bonds. The van der Waals surface area contributed by atoms with Gasteiger partial charge in [-0.1, -0.05) is 214 Å². The number of allylic oxidation sites excluding steroid dienone is 16. The second-order valence-electron chi connectivity index (χ2n) is 16.1. The molecule has 0 aromatic rings. The Hall–Kier alpha value is -3.67. The predicted octanol–water partition coefficient (Wildman–Crippen LogP) is 16.2. The quantitative estimate of drug-likeness (QED) is 0.0200. The highest BCUT2D eigenvalue weighted by Crippen LogP contribution is 2.14. The van der Waals surface area contributed by atoms with Gasteiger partial charge in [-0.05, 0) is 77.0 Å². The molecular formula is C55H90O6. The molecule has 0 saturated heterocycles. The predicted molar refractivity (Wildman–Crippen MR) is 260 cm³/mol. The molecule has 0 fully saturated rings. The molecule has 0 N–H and O–H groups in total. The van der Waals surface area contributed by atoms with Gasteiger partial charge >= 0.3 is 17.9 Å². The lowest BCUT2D eigenvalue weighted by atomic mass is 10.1. The smallest absolute Gasteiger partial charge is 0.306 e. The van der Waals surface area contributed by atoms with Gasteiger partial charge in [0, 0.05) is 19.3 Å². The summed E-state index contributed by atoms with van der Waals surface area (Å²) in [5.41, 5.74) is 0. The summed E-state index contributed by atoms with van der Waals surface area (Å²) in [6.45, 7) is 6.32. The van der Waals surface area contributed by atoms with E-state index in [1.165, 1.54) is 51.4 Å². The number of hydrogen-bond donors (Lipinski definition) is 0. The topological polar surface area (TPSA) is 78.9 Å². The van der Waals surface area contributed by atoms with E-state index < -0.39 is 6.10 Å². The summed E-state index contributed by atoms with van der Waals surface area (Å²) >= 11 is 0. The Bertz CT molecular complexity index is 1250. The van der Waals surface area contributed by atoms with Gasteiger partial charge in [-0.3, -0.25) is 14.4 Å². The molecule has 0 bridgehead atoms. The van der Waals surface area contributed by atoms with Crippen LogP contribution in [0.25, 0.3) is 0 Å². The first-order valence-electron chi connectivity index (χ1n) is 24.8. The van der Waals surface area contributed by atoms with Crippen molar-refractivity contribution in [3.8, 4) is 0 Å². The van der Waals surface area contributed by atoms with E-state index in [-0.39, 0.29) is 31.1 Å². The van der Waals surface area contributed by atoms with Crippen LogP contribution in [0.15, 0.2) is 97.2 Å². The molecule has 0 aromatic heterocycles. The Labute approximate surface area is 375 Å². The summed E-state index contributed by atoms with van der Waals surface area (Å²) in [5.74, 6) is -0.938. The van der Waals surface area contributed by atoms with Crippen molar-refractivity contribution in [3.05, 3.63) is 97.2 Å². The van der Waals surface area contributed by atoms with Crippen LogP contribution in [0.4, 0.5) is 0 Å². The van der Waals surface area contributed by atoms with E-state index in [0.29, 0.717) is 19.3 Å². The average Bonchev–Trinajstić information content (AvgIpc) is 3.26. The highest BCUT2D eigenvalue weighted by molar-refractivity contribution is 5.71. The molecule has 0 rings (SSSR count). The van der Waals surface area contributed by atoms with Gasteiger partial charge in [0.1, 0.15) is 13.2 Å². The first-order valence-corrected chi connectivity index (χ1v) is 24.8. The maximum Gasteiger partial charge on any atom is 0.306 e. The van der Waals surface area contributed by atoms with Crippen molar-refractivity contribution in [2.45, 2.75) is 219 Å². The fourth-order valence-electron chi connectivity index (χ4n) is 6.50. The van der Waals surface area contributed by atoms with Crippen molar-refractivity contribution in [3.63, 3.8) is 0 Å². The molecule has 6 nitrogen and oxygen atoms in total. The number of unbranched alkanes of at least 4 members (excludes halogenated alkanes) is 19. The Morgan fingerprint density at radius 1 is 0.361 bits per heavy atom. The molecule has 0 radical (unpaired) electrons. The third-order valence-corrected chi connectivity index (χ3v) is 10.2. The Morgan fingerprint density at radius 2 is 0.721 bits per heavy atom. The van der Waals surface area contributed by atoms with Crippen LogP contribution in [0.1, 0.15) is 213 Å². The lowest BCUT2D eigenvalue weighted by Gasteiger charge is -2.18. The molecule has 0 saturated carbocycles. The zero-order chi connectivity index (χ0) is 44.4. The van der Waals surface area contributed by atoms with Crippen molar-refractivity contribution in [2.75, 3.05) is 13.2 Å². The van der Waals surface area contributed by atoms with Gasteiger partial charge in [0.05, 0.1) is 0 Å². The second kappa shape index (κ2) is 49.0. The third-order valence-electron chi connectivity index (χ3n) is 10.2. The van der Waals surface area contributed by atoms with Gasteiger partial charge in [-0.2, -0.15) is 0 Å². The molecular weight excluding hydrogens is 757 g/mol. The molecule has 6 heteroatoms. The van der Waals surface area contributed by atoms with E-state index in [9.17, 15) is 14.4 Å². The SMILES string of the molecule is CC\C=C/C=C\C=C/C=C\CCCCCCCC(=O)OC(COC(=O)CCCCCCCC/C=C\C/C=C\C/C=C\C/C=C\CC)COC(=O)CCCCCCCCCCC. The average molecular weight is 847 g/mol.